The number of aromatic nitrogens is 4. The molecule has 4 aromatic rings. The molecule has 4 heterocycles. The van der Waals surface area contributed by atoms with Gasteiger partial charge in [-0.2, -0.15) is 0 Å². The van der Waals surface area contributed by atoms with Crippen LogP contribution in [-0.2, 0) is 5.41 Å². The quantitative estimate of drug-likeness (QED) is 0.483. The maximum absolute atomic E-state index is 14.6. The lowest BCUT2D eigenvalue weighted by Gasteiger charge is -2.27. The van der Waals surface area contributed by atoms with Crippen LogP contribution in [0.3, 0.4) is 0 Å². The topological polar surface area (TPSA) is 80.8 Å². The molecule has 6 rings (SSSR count). The fourth-order valence-electron chi connectivity index (χ4n) is 5.45. The molecule has 2 N–H and O–H groups in total. The van der Waals surface area contributed by atoms with Crippen molar-refractivity contribution in [3.05, 3.63) is 78.5 Å². The van der Waals surface area contributed by atoms with Crippen LogP contribution in [0, 0.1) is 17.7 Å². The molecule has 1 aliphatic heterocycles. The normalized spacial score (nSPS) is 24.0. The molecule has 0 unspecified atom stereocenters. The first-order chi connectivity index (χ1) is 16.2. The number of halogens is 1. The van der Waals surface area contributed by atoms with Crippen LogP contribution in [0.4, 0.5) is 10.2 Å². The Labute approximate surface area is 195 Å². The Balaban J connectivity index is 1.23. The lowest BCUT2D eigenvalue weighted by Crippen LogP contribution is -2.32. The standard InChI is InChI=1S/C25H23FN6S/c26-20-4-2-1-3-18(20)25(15-27)17-9-12-32(14-19(17)25)22-13-29-24-21(30-22)5-6-23(31-24)33-16-7-10-28-11-8-16/h1-8,10-11,13,17,19H,9,12,14-15,27H2/t17-,19+,25-/m1/s1. The molecule has 1 aliphatic carbocycles. The van der Waals surface area contributed by atoms with Gasteiger partial charge in [0.15, 0.2) is 5.65 Å². The molecule has 3 atom stereocenters. The zero-order valence-electron chi connectivity index (χ0n) is 17.9. The second-order valence-electron chi connectivity index (χ2n) is 8.68. The maximum atomic E-state index is 14.6. The Morgan fingerprint density at radius 1 is 1.06 bits per heavy atom. The number of anilines is 1. The highest BCUT2D eigenvalue weighted by Gasteiger charge is 2.66. The van der Waals surface area contributed by atoms with E-state index in [0.29, 0.717) is 24.0 Å². The van der Waals surface area contributed by atoms with Crippen LogP contribution in [0.1, 0.15) is 12.0 Å². The molecule has 1 saturated carbocycles. The van der Waals surface area contributed by atoms with Gasteiger partial charge in [-0.3, -0.25) is 4.98 Å². The van der Waals surface area contributed by atoms with E-state index in [1.807, 2.05) is 36.4 Å². The number of nitrogens with two attached hydrogens (primary N) is 1. The molecule has 2 fully saturated rings. The summed E-state index contributed by atoms with van der Waals surface area (Å²) in [4.78, 5) is 21.5. The summed E-state index contributed by atoms with van der Waals surface area (Å²) in [5.74, 6) is 1.42. The van der Waals surface area contributed by atoms with Crippen LogP contribution < -0.4 is 10.6 Å². The molecule has 1 aromatic carbocycles. The van der Waals surface area contributed by atoms with E-state index < -0.39 is 0 Å². The molecule has 6 nitrogen and oxygen atoms in total. The Bertz CT molecular complexity index is 1320. The van der Waals surface area contributed by atoms with E-state index in [9.17, 15) is 4.39 Å². The lowest BCUT2D eigenvalue weighted by atomic mass is 9.91. The Morgan fingerprint density at radius 3 is 2.73 bits per heavy atom. The van der Waals surface area contributed by atoms with Gasteiger partial charge in [-0.25, -0.2) is 19.3 Å². The third-order valence-corrected chi connectivity index (χ3v) is 8.05. The number of hydrogen-bond donors (Lipinski definition) is 1. The van der Waals surface area contributed by atoms with Gasteiger partial charge in [0.25, 0.3) is 0 Å². The minimum Gasteiger partial charge on any atom is -0.355 e. The SMILES string of the molecule is NC[C@]1(c2ccccc2F)[C@@H]2CCN(c3cnc4nc(Sc5ccncc5)ccc4n3)C[C@@H]21. The van der Waals surface area contributed by atoms with Crippen LogP contribution >= 0.6 is 11.8 Å². The van der Waals surface area contributed by atoms with Gasteiger partial charge in [0.1, 0.15) is 22.2 Å². The third kappa shape index (κ3) is 3.45. The van der Waals surface area contributed by atoms with E-state index in [2.05, 4.69) is 19.9 Å². The maximum Gasteiger partial charge on any atom is 0.179 e. The molecule has 2 aliphatic rings. The van der Waals surface area contributed by atoms with Gasteiger partial charge in [-0.1, -0.05) is 30.0 Å². The van der Waals surface area contributed by atoms with Crippen LogP contribution in [-0.4, -0.2) is 39.6 Å². The Kier molecular flexibility index (Phi) is 4.99. The van der Waals surface area contributed by atoms with Crippen molar-refractivity contribution >= 4 is 28.7 Å². The predicted octanol–water partition coefficient (Wildman–Crippen LogP) is 4.06. The van der Waals surface area contributed by atoms with Gasteiger partial charge in [0, 0.05) is 42.3 Å². The molecule has 33 heavy (non-hydrogen) atoms. The van der Waals surface area contributed by atoms with Gasteiger partial charge < -0.3 is 10.6 Å². The summed E-state index contributed by atoms with van der Waals surface area (Å²) in [6, 6.07) is 14.9. The Hall–Kier alpha value is -3.10. The summed E-state index contributed by atoms with van der Waals surface area (Å²) in [7, 11) is 0. The van der Waals surface area contributed by atoms with E-state index in [-0.39, 0.29) is 11.2 Å². The number of fused-ring (bicyclic) bond motifs is 2. The molecule has 3 aromatic heterocycles. The molecule has 1 saturated heterocycles. The van der Waals surface area contributed by atoms with Gasteiger partial charge in [0.2, 0.25) is 0 Å². The molecule has 0 bridgehead atoms. The summed E-state index contributed by atoms with van der Waals surface area (Å²) in [5.41, 5.74) is 8.11. The fraction of sp³-hybridized carbons (Fsp3) is 0.280. The van der Waals surface area contributed by atoms with Crippen LogP contribution in [0.25, 0.3) is 11.2 Å². The highest BCUT2D eigenvalue weighted by molar-refractivity contribution is 7.99. The van der Waals surface area contributed by atoms with E-state index in [0.717, 1.165) is 46.3 Å². The molecule has 0 radical (unpaired) electrons. The van der Waals surface area contributed by atoms with Crippen molar-refractivity contribution in [2.24, 2.45) is 17.6 Å². The number of benzene rings is 1. The molecular formula is C25H23FN6S. The number of nitrogens with zero attached hydrogens (tertiary/aromatic N) is 5. The van der Waals surface area contributed by atoms with Crippen molar-refractivity contribution in [1.29, 1.82) is 0 Å². The summed E-state index contributed by atoms with van der Waals surface area (Å²) in [6.45, 7) is 2.13. The van der Waals surface area contributed by atoms with Crippen molar-refractivity contribution in [3.8, 4) is 0 Å². The number of hydrogen-bond acceptors (Lipinski definition) is 7. The first kappa shape index (κ1) is 20.5. The highest BCUT2D eigenvalue weighted by atomic mass is 32.2. The second-order valence-corrected chi connectivity index (χ2v) is 9.77. The third-order valence-electron chi connectivity index (χ3n) is 7.10. The predicted molar refractivity (Wildman–Crippen MR) is 127 cm³/mol. The minimum atomic E-state index is -0.273. The monoisotopic (exact) mass is 458 g/mol. The van der Waals surface area contributed by atoms with E-state index in [1.165, 1.54) is 6.07 Å². The van der Waals surface area contributed by atoms with Crippen LogP contribution in [0.2, 0.25) is 0 Å². The van der Waals surface area contributed by atoms with Crippen LogP contribution in [0.5, 0.6) is 0 Å². The minimum absolute atomic E-state index is 0.152. The van der Waals surface area contributed by atoms with E-state index >= 15 is 0 Å². The average molecular weight is 459 g/mol. The second kappa shape index (κ2) is 8.04. The molecule has 0 spiro atoms. The van der Waals surface area contributed by atoms with Gasteiger partial charge in [0.05, 0.1) is 6.20 Å². The van der Waals surface area contributed by atoms with Crippen molar-refractivity contribution in [2.45, 2.75) is 21.8 Å². The first-order valence-corrected chi connectivity index (χ1v) is 11.9. The number of piperidine rings is 1. The highest BCUT2D eigenvalue weighted by Crippen LogP contribution is 2.63. The molecule has 0 amide bonds. The summed E-state index contributed by atoms with van der Waals surface area (Å²) < 4.78 is 14.6. The van der Waals surface area contributed by atoms with Crippen molar-refractivity contribution < 1.29 is 4.39 Å². The number of rotatable bonds is 5. The molecular weight excluding hydrogens is 435 g/mol. The fourth-order valence-corrected chi connectivity index (χ4v) is 6.22. The summed E-state index contributed by atoms with van der Waals surface area (Å²) >= 11 is 1.57. The molecule has 8 heteroatoms. The first-order valence-electron chi connectivity index (χ1n) is 11.1. The smallest absolute Gasteiger partial charge is 0.179 e. The van der Waals surface area contributed by atoms with Crippen molar-refractivity contribution in [1.82, 2.24) is 19.9 Å². The van der Waals surface area contributed by atoms with Crippen LogP contribution in [0.15, 0.2) is 77.0 Å². The number of pyridine rings is 2. The summed E-state index contributed by atoms with van der Waals surface area (Å²) in [6.07, 6.45) is 6.30. The zero-order chi connectivity index (χ0) is 22.4. The molecule has 166 valence electrons. The van der Waals surface area contributed by atoms with Gasteiger partial charge >= 0.3 is 0 Å². The summed E-state index contributed by atoms with van der Waals surface area (Å²) in [5, 5.41) is 0.868. The zero-order valence-corrected chi connectivity index (χ0v) is 18.8. The van der Waals surface area contributed by atoms with E-state index in [1.54, 1.807) is 36.4 Å². The lowest BCUT2D eigenvalue weighted by molar-refractivity contribution is 0.533. The van der Waals surface area contributed by atoms with Crippen molar-refractivity contribution in [3.63, 3.8) is 0 Å². The average Bonchev–Trinajstić information content (AvgIpc) is 3.52. The van der Waals surface area contributed by atoms with Crippen molar-refractivity contribution in [2.75, 3.05) is 24.5 Å². The van der Waals surface area contributed by atoms with Gasteiger partial charge in [-0.05, 0) is 54.2 Å². The van der Waals surface area contributed by atoms with Gasteiger partial charge in [-0.15, -0.1) is 0 Å². The van der Waals surface area contributed by atoms with E-state index in [4.69, 9.17) is 10.7 Å². The largest absolute Gasteiger partial charge is 0.355 e. The Morgan fingerprint density at radius 2 is 1.91 bits per heavy atom.